The third-order valence-electron chi connectivity index (χ3n) is 2.22. The summed E-state index contributed by atoms with van der Waals surface area (Å²) < 4.78 is 0. The number of amides is 1. The minimum absolute atomic E-state index is 0.237. The van der Waals surface area contributed by atoms with E-state index in [4.69, 9.17) is 23.2 Å². The van der Waals surface area contributed by atoms with Crippen molar-refractivity contribution in [2.45, 2.75) is 0 Å². The fourth-order valence-electron chi connectivity index (χ4n) is 1.39. The van der Waals surface area contributed by atoms with Crippen molar-refractivity contribution in [3.05, 3.63) is 39.9 Å². The Bertz CT molecular complexity index is 509. The summed E-state index contributed by atoms with van der Waals surface area (Å²) in [4.78, 5) is 15.7. The number of hydrogen-bond acceptors (Lipinski definition) is 3. The number of halogens is 2. The first kappa shape index (κ1) is 13.5. The molecule has 6 heteroatoms. The highest BCUT2D eigenvalue weighted by atomic mass is 35.5. The molecule has 1 heterocycles. The summed E-state index contributed by atoms with van der Waals surface area (Å²) in [6.45, 7) is 0.750. The first-order valence-corrected chi connectivity index (χ1v) is 7.01. The van der Waals surface area contributed by atoms with Gasteiger partial charge in [0.2, 0.25) is 5.91 Å². The lowest BCUT2D eigenvalue weighted by Gasteiger charge is -2.01. The maximum absolute atomic E-state index is 11.6. The highest BCUT2D eigenvalue weighted by Gasteiger charge is 2.09. The molecule has 0 aromatic heterocycles. The Morgan fingerprint density at radius 1 is 1.39 bits per heavy atom. The molecule has 0 radical (unpaired) electrons. The molecule has 0 atom stereocenters. The van der Waals surface area contributed by atoms with Crippen LogP contribution in [0.3, 0.4) is 0 Å². The largest absolute Gasteiger partial charge is 0.302 e. The van der Waals surface area contributed by atoms with Gasteiger partial charge in [-0.3, -0.25) is 9.79 Å². The van der Waals surface area contributed by atoms with Crippen molar-refractivity contribution in [1.82, 2.24) is 5.32 Å². The van der Waals surface area contributed by atoms with Crippen molar-refractivity contribution in [1.29, 1.82) is 0 Å². The lowest BCUT2D eigenvalue weighted by atomic mass is 10.2. The summed E-state index contributed by atoms with van der Waals surface area (Å²) in [5.41, 5.74) is 0.636. The zero-order valence-corrected chi connectivity index (χ0v) is 11.6. The van der Waals surface area contributed by atoms with E-state index in [0.29, 0.717) is 20.8 Å². The van der Waals surface area contributed by atoms with Crippen LogP contribution in [0.2, 0.25) is 10.0 Å². The van der Waals surface area contributed by atoms with Crippen LogP contribution in [0, 0.1) is 0 Å². The molecule has 2 rings (SSSR count). The van der Waals surface area contributed by atoms with Gasteiger partial charge in [-0.05, 0) is 18.2 Å². The van der Waals surface area contributed by atoms with Crippen molar-refractivity contribution >= 4 is 52.1 Å². The SMILES string of the molecule is O=C(C=Cc1c(Cl)cccc1Cl)NC1=NCCS1. The van der Waals surface area contributed by atoms with E-state index < -0.39 is 0 Å². The van der Waals surface area contributed by atoms with Gasteiger partial charge in [-0.25, -0.2) is 0 Å². The van der Waals surface area contributed by atoms with Crippen LogP contribution >= 0.6 is 35.0 Å². The molecule has 94 valence electrons. The van der Waals surface area contributed by atoms with Gasteiger partial charge >= 0.3 is 0 Å². The summed E-state index contributed by atoms with van der Waals surface area (Å²) in [5.74, 6) is 0.675. The molecule has 1 aliphatic heterocycles. The Labute approximate surface area is 119 Å². The van der Waals surface area contributed by atoms with Gasteiger partial charge in [0.25, 0.3) is 0 Å². The van der Waals surface area contributed by atoms with Gasteiger partial charge in [-0.15, -0.1) is 0 Å². The van der Waals surface area contributed by atoms with Crippen LogP contribution < -0.4 is 5.32 Å². The van der Waals surface area contributed by atoms with Gasteiger partial charge in [-0.2, -0.15) is 0 Å². The van der Waals surface area contributed by atoms with Crippen molar-refractivity contribution in [2.75, 3.05) is 12.3 Å². The molecule has 0 unspecified atom stereocenters. The van der Waals surface area contributed by atoms with Crippen LogP contribution in [0.1, 0.15) is 5.56 Å². The van der Waals surface area contributed by atoms with Gasteiger partial charge in [0.15, 0.2) is 5.17 Å². The molecule has 0 aliphatic carbocycles. The van der Waals surface area contributed by atoms with E-state index in [2.05, 4.69) is 10.3 Å². The van der Waals surface area contributed by atoms with E-state index in [9.17, 15) is 4.79 Å². The van der Waals surface area contributed by atoms with Crippen molar-refractivity contribution in [3.8, 4) is 0 Å². The summed E-state index contributed by atoms with van der Waals surface area (Å²) >= 11 is 13.5. The number of nitrogens with one attached hydrogen (secondary N) is 1. The third-order valence-corrected chi connectivity index (χ3v) is 3.77. The molecule has 1 N–H and O–H groups in total. The maximum Gasteiger partial charge on any atom is 0.249 e. The van der Waals surface area contributed by atoms with Crippen molar-refractivity contribution < 1.29 is 4.79 Å². The summed E-state index contributed by atoms with van der Waals surface area (Å²) in [6.07, 6.45) is 2.99. The minimum atomic E-state index is -0.237. The van der Waals surface area contributed by atoms with Gasteiger partial charge in [0.05, 0.1) is 6.54 Å². The molecular weight excluding hydrogens is 291 g/mol. The van der Waals surface area contributed by atoms with Gasteiger partial charge in [0.1, 0.15) is 0 Å². The predicted octanol–water partition coefficient (Wildman–Crippen LogP) is 3.23. The summed E-state index contributed by atoms with van der Waals surface area (Å²) in [6, 6.07) is 5.20. The van der Waals surface area contributed by atoms with Gasteiger partial charge < -0.3 is 5.32 Å². The molecule has 0 fully saturated rings. The molecule has 18 heavy (non-hydrogen) atoms. The topological polar surface area (TPSA) is 41.5 Å². The molecule has 0 saturated heterocycles. The number of rotatable bonds is 2. The number of aliphatic imine (C=N–C) groups is 1. The normalized spacial score (nSPS) is 14.9. The monoisotopic (exact) mass is 300 g/mol. The zero-order valence-electron chi connectivity index (χ0n) is 9.32. The number of thioether (sulfide) groups is 1. The highest BCUT2D eigenvalue weighted by molar-refractivity contribution is 8.14. The molecule has 1 aromatic rings. The van der Waals surface area contributed by atoms with Crippen LogP contribution in [-0.2, 0) is 4.79 Å². The quantitative estimate of drug-likeness (QED) is 0.852. The molecule has 1 aliphatic rings. The lowest BCUT2D eigenvalue weighted by molar-refractivity contribution is -0.115. The molecule has 3 nitrogen and oxygen atoms in total. The molecule has 0 spiro atoms. The molecule has 1 amide bonds. The second kappa shape index (κ2) is 6.27. The Kier molecular flexibility index (Phi) is 4.69. The van der Waals surface area contributed by atoms with Crippen molar-refractivity contribution in [2.24, 2.45) is 4.99 Å². The van der Waals surface area contributed by atoms with Crippen molar-refractivity contribution in [3.63, 3.8) is 0 Å². The minimum Gasteiger partial charge on any atom is -0.302 e. The molecular formula is C12H10Cl2N2OS. The predicted molar refractivity (Wildman–Crippen MR) is 78.4 cm³/mol. The average Bonchev–Trinajstić information content (AvgIpc) is 2.81. The Balaban J connectivity index is 2.04. The lowest BCUT2D eigenvalue weighted by Crippen LogP contribution is -2.25. The number of carbonyl (C=O) groups excluding carboxylic acids is 1. The van der Waals surface area contributed by atoms with E-state index in [1.54, 1.807) is 24.3 Å². The maximum atomic E-state index is 11.6. The zero-order chi connectivity index (χ0) is 13.0. The summed E-state index contributed by atoms with van der Waals surface area (Å²) in [7, 11) is 0. The smallest absolute Gasteiger partial charge is 0.249 e. The first-order valence-electron chi connectivity index (χ1n) is 5.27. The summed E-state index contributed by atoms with van der Waals surface area (Å²) in [5, 5.41) is 4.38. The van der Waals surface area contributed by atoms with E-state index in [0.717, 1.165) is 12.3 Å². The molecule has 0 bridgehead atoms. The second-order valence-electron chi connectivity index (χ2n) is 3.49. The number of nitrogens with zero attached hydrogens (tertiary/aromatic N) is 1. The number of benzene rings is 1. The molecule has 0 saturated carbocycles. The fourth-order valence-corrected chi connectivity index (χ4v) is 2.64. The van der Waals surface area contributed by atoms with Crippen LogP contribution in [0.4, 0.5) is 0 Å². The Morgan fingerprint density at radius 3 is 2.72 bits per heavy atom. The van der Waals surface area contributed by atoms with E-state index in [-0.39, 0.29) is 5.91 Å². The highest BCUT2D eigenvalue weighted by Crippen LogP contribution is 2.25. The number of amidine groups is 1. The molecule has 1 aromatic carbocycles. The Hall–Kier alpha value is -0.970. The first-order chi connectivity index (χ1) is 8.66. The third kappa shape index (κ3) is 3.51. The van der Waals surface area contributed by atoms with Crippen LogP contribution in [0.5, 0.6) is 0 Å². The van der Waals surface area contributed by atoms with Gasteiger partial charge in [-0.1, -0.05) is 41.0 Å². The van der Waals surface area contributed by atoms with E-state index in [1.807, 2.05) is 0 Å². The van der Waals surface area contributed by atoms with Crippen LogP contribution in [0.15, 0.2) is 29.3 Å². The second-order valence-corrected chi connectivity index (χ2v) is 5.39. The van der Waals surface area contributed by atoms with E-state index >= 15 is 0 Å². The fraction of sp³-hybridized carbons (Fsp3) is 0.167. The van der Waals surface area contributed by atoms with Gasteiger partial charge in [0, 0.05) is 27.4 Å². The standard InChI is InChI=1S/C12H10Cl2N2OS/c13-9-2-1-3-10(14)8(9)4-5-11(17)16-12-15-6-7-18-12/h1-5H,6-7H2,(H,15,16,17). The van der Waals surface area contributed by atoms with Crippen LogP contribution in [0.25, 0.3) is 6.08 Å². The van der Waals surface area contributed by atoms with Crippen LogP contribution in [-0.4, -0.2) is 23.4 Å². The number of hydrogen-bond donors (Lipinski definition) is 1. The number of carbonyl (C=O) groups is 1. The average molecular weight is 301 g/mol. The van der Waals surface area contributed by atoms with E-state index in [1.165, 1.54) is 17.8 Å². The Morgan fingerprint density at radius 2 is 2.11 bits per heavy atom.